The van der Waals surface area contributed by atoms with Crippen LogP contribution in [0.15, 0.2) is 0 Å². The summed E-state index contributed by atoms with van der Waals surface area (Å²) in [6.45, 7) is 2.10. The number of rotatable bonds is 2. The minimum absolute atomic E-state index is 0.212. The number of piperidine rings is 1. The second kappa shape index (κ2) is 4.39. The minimum Gasteiger partial charge on any atom is -0.396 e. The van der Waals surface area contributed by atoms with Crippen LogP contribution in [0, 0.1) is 5.92 Å². The van der Waals surface area contributed by atoms with E-state index >= 15 is 0 Å². The molecular formula is C10H19NO3S. The van der Waals surface area contributed by atoms with Crippen molar-refractivity contribution in [3.8, 4) is 0 Å². The molecule has 15 heavy (non-hydrogen) atoms. The third kappa shape index (κ3) is 2.71. The second-order valence-corrected chi connectivity index (χ2v) is 6.97. The number of nitrogens with zero attached hydrogens (tertiary/aromatic N) is 1. The van der Waals surface area contributed by atoms with E-state index in [9.17, 15) is 8.42 Å². The SMILES string of the molecule is O=S1(=O)CC[C@@H](N2CCC[C@H](CO)C2)C1. The Morgan fingerprint density at radius 3 is 2.73 bits per heavy atom. The Morgan fingerprint density at radius 1 is 1.33 bits per heavy atom. The maximum absolute atomic E-state index is 11.4. The number of hydrogen-bond donors (Lipinski definition) is 1. The number of aliphatic hydroxyl groups excluding tert-OH is 1. The molecule has 0 aromatic heterocycles. The van der Waals surface area contributed by atoms with E-state index in [0.717, 1.165) is 32.4 Å². The second-order valence-electron chi connectivity index (χ2n) is 4.74. The van der Waals surface area contributed by atoms with Crippen molar-refractivity contribution < 1.29 is 13.5 Å². The molecule has 2 fully saturated rings. The smallest absolute Gasteiger partial charge is 0.151 e. The zero-order valence-electron chi connectivity index (χ0n) is 8.93. The van der Waals surface area contributed by atoms with Gasteiger partial charge in [0.25, 0.3) is 0 Å². The molecule has 4 nitrogen and oxygen atoms in total. The summed E-state index contributed by atoms with van der Waals surface area (Å²) in [7, 11) is -2.77. The molecule has 88 valence electrons. The summed E-state index contributed by atoms with van der Waals surface area (Å²) in [4.78, 5) is 2.26. The van der Waals surface area contributed by atoms with Crippen LogP contribution in [-0.4, -0.2) is 55.7 Å². The average Bonchev–Trinajstić information content (AvgIpc) is 2.59. The number of hydrogen-bond acceptors (Lipinski definition) is 4. The van der Waals surface area contributed by atoms with Gasteiger partial charge in [-0.05, 0) is 31.7 Å². The van der Waals surface area contributed by atoms with Crippen molar-refractivity contribution in [1.82, 2.24) is 4.90 Å². The predicted octanol–water partition coefficient (Wildman–Crippen LogP) is -0.122. The first-order valence-corrected chi connectivity index (χ1v) is 7.48. The fourth-order valence-electron chi connectivity index (χ4n) is 2.64. The van der Waals surface area contributed by atoms with Gasteiger partial charge in [-0.25, -0.2) is 8.42 Å². The quantitative estimate of drug-likeness (QED) is 0.722. The van der Waals surface area contributed by atoms with Gasteiger partial charge in [0.05, 0.1) is 11.5 Å². The first-order valence-electron chi connectivity index (χ1n) is 5.66. The van der Waals surface area contributed by atoms with E-state index in [0.29, 0.717) is 17.4 Å². The van der Waals surface area contributed by atoms with Crippen LogP contribution in [0.4, 0.5) is 0 Å². The van der Waals surface area contributed by atoms with Gasteiger partial charge < -0.3 is 5.11 Å². The fourth-order valence-corrected chi connectivity index (χ4v) is 4.40. The first kappa shape index (κ1) is 11.4. The summed E-state index contributed by atoms with van der Waals surface area (Å²) in [5.74, 6) is 1.02. The van der Waals surface area contributed by atoms with Gasteiger partial charge in [0.15, 0.2) is 9.84 Å². The van der Waals surface area contributed by atoms with Crippen molar-refractivity contribution in [3.63, 3.8) is 0 Å². The lowest BCUT2D eigenvalue weighted by atomic mass is 9.97. The molecule has 0 bridgehead atoms. The van der Waals surface area contributed by atoms with Gasteiger partial charge in [-0.2, -0.15) is 0 Å². The highest BCUT2D eigenvalue weighted by atomic mass is 32.2. The van der Waals surface area contributed by atoms with Crippen LogP contribution in [-0.2, 0) is 9.84 Å². The Kier molecular flexibility index (Phi) is 3.33. The molecule has 2 aliphatic heterocycles. The molecular weight excluding hydrogens is 214 g/mol. The molecule has 0 amide bonds. The van der Waals surface area contributed by atoms with Crippen molar-refractivity contribution >= 4 is 9.84 Å². The van der Waals surface area contributed by atoms with E-state index in [1.54, 1.807) is 0 Å². The lowest BCUT2D eigenvalue weighted by Crippen LogP contribution is -2.44. The third-order valence-electron chi connectivity index (χ3n) is 3.53. The van der Waals surface area contributed by atoms with Gasteiger partial charge in [-0.3, -0.25) is 4.90 Å². The van der Waals surface area contributed by atoms with E-state index in [2.05, 4.69) is 4.90 Å². The Balaban J connectivity index is 1.94. The molecule has 2 heterocycles. The van der Waals surface area contributed by atoms with Crippen LogP contribution in [0.1, 0.15) is 19.3 Å². The van der Waals surface area contributed by atoms with Crippen LogP contribution in [0.2, 0.25) is 0 Å². The van der Waals surface area contributed by atoms with Crippen LogP contribution in [0.3, 0.4) is 0 Å². The molecule has 0 aromatic rings. The largest absolute Gasteiger partial charge is 0.396 e. The molecule has 0 unspecified atom stereocenters. The van der Waals surface area contributed by atoms with Gasteiger partial charge in [0.1, 0.15) is 0 Å². The molecule has 5 heteroatoms. The first-order chi connectivity index (χ1) is 7.11. The minimum atomic E-state index is -2.77. The van der Waals surface area contributed by atoms with Gasteiger partial charge in [-0.1, -0.05) is 0 Å². The topological polar surface area (TPSA) is 57.6 Å². The summed E-state index contributed by atoms with van der Waals surface area (Å²) in [5, 5.41) is 9.11. The van der Waals surface area contributed by atoms with Crippen LogP contribution in [0.5, 0.6) is 0 Å². The van der Waals surface area contributed by atoms with E-state index in [1.165, 1.54) is 0 Å². The number of likely N-dealkylation sites (tertiary alicyclic amines) is 1. The monoisotopic (exact) mass is 233 g/mol. The van der Waals surface area contributed by atoms with Gasteiger partial charge >= 0.3 is 0 Å². The molecule has 2 aliphatic rings. The molecule has 2 saturated heterocycles. The maximum Gasteiger partial charge on any atom is 0.151 e. The maximum atomic E-state index is 11.4. The summed E-state index contributed by atoms with van der Waals surface area (Å²) < 4.78 is 22.7. The van der Waals surface area contributed by atoms with Crippen LogP contribution in [0.25, 0.3) is 0 Å². The van der Waals surface area contributed by atoms with Crippen molar-refractivity contribution in [3.05, 3.63) is 0 Å². The van der Waals surface area contributed by atoms with Crippen molar-refractivity contribution in [2.75, 3.05) is 31.2 Å². The number of aliphatic hydroxyl groups is 1. The zero-order valence-corrected chi connectivity index (χ0v) is 9.75. The van der Waals surface area contributed by atoms with E-state index in [4.69, 9.17) is 5.11 Å². The highest BCUT2D eigenvalue weighted by Crippen LogP contribution is 2.23. The Bertz CT molecular complexity index is 315. The fraction of sp³-hybridized carbons (Fsp3) is 1.00. The van der Waals surface area contributed by atoms with Gasteiger partial charge in [-0.15, -0.1) is 0 Å². The van der Waals surface area contributed by atoms with Crippen molar-refractivity contribution in [2.45, 2.75) is 25.3 Å². The molecule has 1 N–H and O–H groups in total. The summed E-state index contributed by atoms with van der Waals surface area (Å²) >= 11 is 0. The Labute approximate surface area is 91.2 Å². The Morgan fingerprint density at radius 2 is 2.13 bits per heavy atom. The summed E-state index contributed by atoms with van der Waals surface area (Å²) in [6.07, 6.45) is 2.94. The van der Waals surface area contributed by atoms with Gasteiger partial charge in [0, 0.05) is 19.2 Å². The molecule has 0 spiro atoms. The average molecular weight is 233 g/mol. The summed E-state index contributed by atoms with van der Waals surface area (Å²) in [5.41, 5.74) is 0. The lowest BCUT2D eigenvalue weighted by Gasteiger charge is -2.35. The zero-order chi connectivity index (χ0) is 10.9. The molecule has 0 saturated carbocycles. The number of sulfone groups is 1. The van der Waals surface area contributed by atoms with E-state index in [1.807, 2.05) is 0 Å². The van der Waals surface area contributed by atoms with Crippen molar-refractivity contribution in [1.29, 1.82) is 0 Å². The molecule has 2 rings (SSSR count). The van der Waals surface area contributed by atoms with E-state index < -0.39 is 9.84 Å². The molecule has 2 atom stereocenters. The molecule has 0 radical (unpaired) electrons. The molecule has 0 aliphatic carbocycles. The lowest BCUT2D eigenvalue weighted by molar-refractivity contribution is 0.0957. The highest BCUT2D eigenvalue weighted by molar-refractivity contribution is 7.91. The third-order valence-corrected chi connectivity index (χ3v) is 5.28. The van der Waals surface area contributed by atoms with Gasteiger partial charge in [0.2, 0.25) is 0 Å². The standard InChI is InChI=1S/C10H19NO3S/c12-7-9-2-1-4-11(6-9)10-3-5-15(13,14)8-10/h9-10,12H,1-8H2/t9-,10+/m0/s1. The summed E-state index contributed by atoms with van der Waals surface area (Å²) in [6, 6.07) is 0.212. The van der Waals surface area contributed by atoms with E-state index in [-0.39, 0.29) is 12.6 Å². The van der Waals surface area contributed by atoms with Crippen LogP contribution >= 0.6 is 0 Å². The predicted molar refractivity (Wildman–Crippen MR) is 58.4 cm³/mol. The van der Waals surface area contributed by atoms with Crippen molar-refractivity contribution in [2.24, 2.45) is 5.92 Å². The normalized spacial score (nSPS) is 36.9. The van der Waals surface area contributed by atoms with Crippen LogP contribution < -0.4 is 0 Å². The molecule has 0 aromatic carbocycles. The Hall–Kier alpha value is -0.130. The highest BCUT2D eigenvalue weighted by Gasteiger charge is 2.34.